The van der Waals surface area contributed by atoms with E-state index in [1.807, 2.05) is 37.9 Å². The lowest BCUT2D eigenvalue weighted by atomic mass is 10.2. The van der Waals surface area contributed by atoms with Crippen molar-refractivity contribution in [2.45, 2.75) is 18.6 Å². The van der Waals surface area contributed by atoms with Gasteiger partial charge < -0.3 is 4.90 Å². The van der Waals surface area contributed by atoms with Gasteiger partial charge in [-0.15, -0.1) is 0 Å². The average molecular weight is 251 g/mol. The van der Waals surface area contributed by atoms with Crippen LogP contribution in [-0.2, 0) is 0 Å². The van der Waals surface area contributed by atoms with E-state index in [2.05, 4.69) is 11.1 Å². The van der Waals surface area contributed by atoms with Crippen molar-refractivity contribution in [1.82, 2.24) is 4.98 Å². The van der Waals surface area contributed by atoms with Crippen LogP contribution < -0.4 is 4.90 Å². The predicted octanol–water partition coefficient (Wildman–Crippen LogP) is 2.84. The molecule has 1 aromatic heterocycles. The van der Waals surface area contributed by atoms with E-state index < -0.39 is 4.75 Å². The summed E-state index contributed by atoms with van der Waals surface area (Å²) in [6.45, 7) is 3.70. The van der Waals surface area contributed by atoms with E-state index in [0.29, 0.717) is 4.32 Å². The van der Waals surface area contributed by atoms with E-state index in [1.165, 1.54) is 11.8 Å². The van der Waals surface area contributed by atoms with Crippen LogP contribution in [0, 0.1) is 11.3 Å². The van der Waals surface area contributed by atoms with Crippen LogP contribution in [0.4, 0.5) is 5.69 Å². The SMILES string of the molecule is CN(C(=S)SC(C)(C)C#N)c1ccncc1. The van der Waals surface area contributed by atoms with E-state index in [9.17, 15) is 0 Å². The molecule has 1 heterocycles. The Morgan fingerprint density at radius 1 is 1.50 bits per heavy atom. The minimum atomic E-state index is -0.502. The van der Waals surface area contributed by atoms with Crippen LogP contribution in [0.1, 0.15) is 13.8 Å². The first kappa shape index (κ1) is 12.9. The van der Waals surface area contributed by atoms with Crippen LogP contribution in [0.3, 0.4) is 0 Å². The van der Waals surface area contributed by atoms with Crippen LogP contribution in [0.25, 0.3) is 0 Å². The maximum absolute atomic E-state index is 8.94. The molecule has 1 rings (SSSR count). The summed E-state index contributed by atoms with van der Waals surface area (Å²) in [6, 6.07) is 5.98. The van der Waals surface area contributed by atoms with Crippen molar-refractivity contribution in [3.63, 3.8) is 0 Å². The molecule has 0 N–H and O–H groups in total. The highest BCUT2D eigenvalue weighted by Gasteiger charge is 2.22. The lowest BCUT2D eigenvalue weighted by Crippen LogP contribution is -2.26. The molecule has 0 saturated heterocycles. The number of thiocarbonyl (C=S) groups is 1. The fraction of sp³-hybridized carbons (Fsp3) is 0.364. The first-order valence-electron chi connectivity index (χ1n) is 4.74. The molecule has 0 radical (unpaired) electrons. The second-order valence-corrected chi connectivity index (χ2v) is 6.01. The highest BCUT2D eigenvalue weighted by molar-refractivity contribution is 8.24. The number of hydrogen-bond acceptors (Lipinski definition) is 4. The Hall–Kier alpha value is -1.12. The summed E-state index contributed by atoms with van der Waals surface area (Å²) in [4.78, 5) is 5.82. The van der Waals surface area contributed by atoms with Gasteiger partial charge in [-0.3, -0.25) is 4.98 Å². The van der Waals surface area contributed by atoms with E-state index in [1.54, 1.807) is 12.4 Å². The Morgan fingerprint density at radius 2 is 2.06 bits per heavy atom. The molecule has 0 atom stereocenters. The van der Waals surface area contributed by atoms with Gasteiger partial charge in [0.2, 0.25) is 0 Å². The van der Waals surface area contributed by atoms with E-state index >= 15 is 0 Å². The van der Waals surface area contributed by atoms with Crippen LogP contribution in [0.15, 0.2) is 24.5 Å². The van der Waals surface area contributed by atoms with Crippen molar-refractivity contribution in [1.29, 1.82) is 5.26 Å². The monoisotopic (exact) mass is 251 g/mol. The topological polar surface area (TPSA) is 39.9 Å². The van der Waals surface area contributed by atoms with Gasteiger partial charge in [0.15, 0.2) is 0 Å². The third-order valence-corrected chi connectivity index (χ3v) is 3.51. The van der Waals surface area contributed by atoms with Gasteiger partial charge in [0.05, 0.1) is 6.07 Å². The van der Waals surface area contributed by atoms with Gasteiger partial charge in [-0.05, 0) is 26.0 Å². The molecule has 5 heteroatoms. The molecule has 0 aliphatic carbocycles. The van der Waals surface area contributed by atoms with Gasteiger partial charge >= 0.3 is 0 Å². The molecule has 0 amide bonds. The predicted molar refractivity (Wildman–Crippen MR) is 72.5 cm³/mol. The number of thioether (sulfide) groups is 1. The Balaban J connectivity index is 2.74. The van der Waals surface area contributed by atoms with Crippen LogP contribution in [0.5, 0.6) is 0 Å². The molecule has 0 saturated carbocycles. The maximum atomic E-state index is 8.94. The lowest BCUT2D eigenvalue weighted by molar-refractivity contribution is 0.920. The summed E-state index contributed by atoms with van der Waals surface area (Å²) < 4.78 is 0.177. The molecule has 16 heavy (non-hydrogen) atoms. The quantitative estimate of drug-likeness (QED) is 0.756. The summed E-state index contributed by atoms with van der Waals surface area (Å²) in [5.74, 6) is 0. The third-order valence-electron chi connectivity index (χ3n) is 1.94. The lowest BCUT2D eigenvalue weighted by Gasteiger charge is -2.23. The van der Waals surface area contributed by atoms with Gasteiger partial charge in [-0.1, -0.05) is 24.0 Å². The number of nitriles is 1. The van der Waals surface area contributed by atoms with Crippen LogP contribution in [-0.4, -0.2) is 21.1 Å². The zero-order valence-electron chi connectivity index (χ0n) is 9.47. The molecule has 84 valence electrons. The first-order chi connectivity index (χ1) is 7.46. The van der Waals surface area contributed by atoms with Gasteiger partial charge in [-0.2, -0.15) is 5.26 Å². The maximum Gasteiger partial charge on any atom is 0.142 e. The van der Waals surface area contributed by atoms with Gasteiger partial charge in [0.25, 0.3) is 0 Å². The van der Waals surface area contributed by atoms with Crippen LogP contribution in [0.2, 0.25) is 0 Å². The molecule has 0 spiro atoms. The molecule has 0 bridgehead atoms. The highest BCUT2D eigenvalue weighted by atomic mass is 32.2. The average Bonchev–Trinajstić information content (AvgIpc) is 2.28. The standard InChI is InChI=1S/C11H13N3S2/c1-11(2,8-12)16-10(15)14(3)9-4-6-13-7-5-9/h4-7H,1-3H3. The fourth-order valence-corrected chi connectivity index (χ4v) is 2.44. The number of hydrogen-bond donors (Lipinski definition) is 0. The van der Waals surface area contributed by atoms with Crippen molar-refractivity contribution in [2.24, 2.45) is 0 Å². The zero-order valence-corrected chi connectivity index (χ0v) is 11.1. The minimum absolute atomic E-state index is 0.502. The molecule has 1 aromatic rings. The van der Waals surface area contributed by atoms with Crippen molar-refractivity contribution >= 4 is 34.0 Å². The van der Waals surface area contributed by atoms with Gasteiger partial charge in [-0.25, -0.2) is 0 Å². The number of nitrogens with zero attached hydrogens (tertiary/aromatic N) is 3. The number of pyridine rings is 1. The summed E-state index contributed by atoms with van der Waals surface area (Å²) in [6.07, 6.45) is 3.43. The Bertz CT molecular complexity index is 409. The van der Waals surface area contributed by atoms with Gasteiger partial charge in [0.1, 0.15) is 9.07 Å². The highest BCUT2D eigenvalue weighted by Crippen LogP contribution is 2.28. The molecule has 0 aliphatic rings. The largest absolute Gasteiger partial charge is 0.330 e. The molecule has 0 unspecified atom stereocenters. The summed E-state index contributed by atoms with van der Waals surface area (Å²) >= 11 is 6.67. The van der Waals surface area contributed by atoms with Crippen LogP contribution >= 0.6 is 24.0 Å². The Labute approximate surface area is 105 Å². The van der Waals surface area contributed by atoms with E-state index in [4.69, 9.17) is 17.5 Å². The third kappa shape index (κ3) is 3.47. The van der Waals surface area contributed by atoms with Gasteiger partial charge in [0, 0.05) is 25.1 Å². The smallest absolute Gasteiger partial charge is 0.142 e. The molecular weight excluding hydrogens is 238 g/mol. The molecule has 0 fully saturated rings. The second kappa shape index (κ2) is 5.28. The molecule has 3 nitrogen and oxygen atoms in total. The number of rotatable bonds is 2. The first-order valence-corrected chi connectivity index (χ1v) is 5.97. The van der Waals surface area contributed by atoms with E-state index in [-0.39, 0.29) is 0 Å². The Kier molecular flexibility index (Phi) is 4.27. The van der Waals surface area contributed by atoms with Crippen molar-refractivity contribution in [3.05, 3.63) is 24.5 Å². The summed E-state index contributed by atoms with van der Waals surface area (Å²) in [7, 11) is 1.89. The zero-order chi connectivity index (χ0) is 12.2. The fourth-order valence-electron chi connectivity index (χ4n) is 0.983. The van der Waals surface area contributed by atoms with Crippen molar-refractivity contribution < 1.29 is 0 Å². The number of anilines is 1. The van der Waals surface area contributed by atoms with E-state index in [0.717, 1.165) is 5.69 Å². The summed E-state index contributed by atoms with van der Waals surface area (Å²) in [5, 5.41) is 8.94. The molecule has 0 aromatic carbocycles. The molecular formula is C11H13N3S2. The summed E-state index contributed by atoms with van der Waals surface area (Å²) in [5.41, 5.74) is 0.973. The number of aromatic nitrogens is 1. The van der Waals surface area contributed by atoms with Crippen molar-refractivity contribution in [2.75, 3.05) is 11.9 Å². The Morgan fingerprint density at radius 3 is 2.56 bits per heavy atom. The normalized spacial score (nSPS) is 10.6. The van der Waals surface area contributed by atoms with Crippen molar-refractivity contribution in [3.8, 4) is 6.07 Å². The molecule has 0 aliphatic heterocycles. The minimum Gasteiger partial charge on any atom is -0.330 e. The second-order valence-electron chi connectivity index (χ2n) is 3.75.